The van der Waals surface area contributed by atoms with Crippen LogP contribution in [0.3, 0.4) is 0 Å². The molecule has 0 saturated carbocycles. The highest BCUT2D eigenvalue weighted by atomic mass is 16.5. The molecule has 3 aromatic rings. The van der Waals surface area contributed by atoms with Crippen LogP contribution in [-0.4, -0.2) is 43.3 Å². The van der Waals surface area contributed by atoms with Gasteiger partial charge in [0.15, 0.2) is 5.82 Å². The number of ether oxygens (including phenoxy) is 1. The van der Waals surface area contributed by atoms with Gasteiger partial charge < -0.3 is 9.30 Å². The molecule has 0 unspecified atom stereocenters. The SMILES string of the molecule is COc1ccc(-n2ccnc2CN2CCC[C@@H]2c2n[nH]c(C)n2)cc1. The number of hydrogen-bond donors (Lipinski definition) is 1. The number of H-pyrrole nitrogens is 1. The summed E-state index contributed by atoms with van der Waals surface area (Å²) in [4.78, 5) is 11.5. The molecule has 3 heterocycles. The van der Waals surface area contributed by atoms with E-state index in [2.05, 4.69) is 29.6 Å². The van der Waals surface area contributed by atoms with Crippen molar-refractivity contribution in [1.82, 2.24) is 29.6 Å². The Labute approximate surface area is 146 Å². The summed E-state index contributed by atoms with van der Waals surface area (Å²) < 4.78 is 7.36. The van der Waals surface area contributed by atoms with Crippen molar-refractivity contribution in [2.24, 2.45) is 0 Å². The highest BCUT2D eigenvalue weighted by molar-refractivity contribution is 5.38. The number of aryl methyl sites for hydroxylation is 1. The number of imidazole rings is 1. The summed E-state index contributed by atoms with van der Waals surface area (Å²) in [6, 6.07) is 8.28. The molecule has 0 aliphatic carbocycles. The maximum Gasteiger partial charge on any atom is 0.167 e. The molecule has 2 aromatic heterocycles. The molecule has 0 spiro atoms. The monoisotopic (exact) mass is 338 g/mol. The molecule has 1 N–H and O–H groups in total. The van der Waals surface area contributed by atoms with Crippen molar-refractivity contribution in [2.45, 2.75) is 32.4 Å². The van der Waals surface area contributed by atoms with Crippen LogP contribution in [0.15, 0.2) is 36.7 Å². The predicted molar refractivity (Wildman–Crippen MR) is 93.6 cm³/mol. The summed E-state index contributed by atoms with van der Waals surface area (Å²) in [7, 11) is 1.68. The Morgan fingerprint density at radius 2 is 2.12 bits per heavy atom. The zero-order valence-electron chi connectivity index (χ0n) is 14.5. The lowest BCUT2D eigenvalue weighted by Crippen LogP contribution is -2.25. The topological polar surface area (TPSA) is 71.9 Å². The molecule has 7 heteroatoms. The molecule has 1 atom stereocenters. The average molecular weight is 338 g/mol. The number of rotatable bonds is 5. The van der Waals surface area contributed by atoms with Crippen LogP contribution < -0.4 is 4.74 Å². The van der Waals surface area contributed by atoms with Crippen LogP contribution >= 0.6 is 0 Å². The molecular weight excluding hydrogens is 316 g/mol. The van der Waals surface area contributed by atoms with Crippen LogP contribution in [0.1, 0.15) is 36.4 Å². The number of methoxy groups -OCH3 is 1. The predicted octanol–water partition coefficient (Wildman–Crippen LogP) is 2.64. The first kappa shape index (κ1) is 15.8. The molecule has 1 aromatic carbocycles. The van der Waals surface area contributed by atoms with Crippen molar-refractivity contribution in [3.63, 3.8) is 0 Å². The lowest BCUT2D eigenvalue weighted by molar-refractivity contribution is 0.233. The van der Waals surface area contributed by atoms with Gasteiger partial charge in [0.1, 0.15) is 17.4 Å². The van der Waals surface area contributed by atoms with Crippen molar-refractivity contribution < 1.29 is 4.74 Å². The van der Waals surface area contributed by atoms with Gasteiger partial charge in [0, 0.05) is 18.1 Å². The van der Waals surface area contributed by atoms with E-state index in [9.17, 15) is 0 Å². The number of likely N-dealkylation sites (tertiary alicyclic amines) is 1. The third-order valence-electron chi connectivity index (χ3n) is 4.69. The summed E-state index contributed by atoms with van der Waals surface area (Å²) in [6.45, 7) is 3.75. The molecule has 7 nitrogen and oxygen atoms in total. The van der Waals surface area contributed by atoms with E-state index < -0.39 is 0 Å². The summed E-state index contributed by atoms with van der Waals surface area (Å²) in [5.74, 6) is 3.62. The number of nitrogens with zero attached hydrogens (tertiary/aromatic N) is 5. The van der Waals surface area contributed by atoms with Crippen LogP contribution in [0.4, 0.5) is 0 Å². The first-order valence-electron chi connectivity index (χ1n) is 8.54. The molecule has 25 heavy (non-hydrogen) atoms. The second-order valence-electron chi connectivity index (χ2n) is 6.32. The first-order chi connectivity index (χ1) is 12.2. The average Bonchev–Trinajstić information content (AvgIpc) is 3.36. The van der Waals surface area contributed by atoms with Gasteiger partial charge in [0.05, 0.1) is 19.7 Å². The van der Waals surface area contributed by atoms with Gasteiger partial charge in [-0.25, -0.2) is 9.97 Å². The van der Waals surface area contributed by atoms with Gasteiger partial charge in [-0.05, 0) is 50.6 Å². The van der Waals surface area contributed by atoms with E-state index in [1.165, 1.54) is 0 Å². The molecule has 0 bridgehead atoms. The molecule has 130 valence electrons. The summed E-state index contributed by atoms with van der Waals surface area (Å²) in [6.07, 6.45) is 6.09. The van der Waals surface area contributed by atoms with E-state index in [-0.39, 0.29) is 6.04 Å². The molecule has 1 aliphatic rings. The fourth-order valence-electron chi connectivity index (χ4n) is 3.43. The van der Waals surface area contributed by atoms with Gasteiger partial charge in [-0.3, -0.25) is 10.00 Å². The van der Waals surface area contributed by atoms with E-state index in [1.54, 1.807) is 7.11 Å². The van der Waals surface area contributed by atoms with E-state index in [1.807, 2.05) is 43.6 Å². The van der Waals surface area contributed by atoms with Crippen LogP contribution in [0.5, 0.6) is 5.75 Å². The first-order valence-corrected chi connectivity index (χ1v) is 8.54. The lowest BCUT2D eigenvalue weighted by Gasteiger charge is -2.22. The maximum atomic E-state index is 5.24. The number of benzene rings is 1. The Kier molecular flexibility index (Phi) is 4.23. The van der Waals surface area contributed by atoms with Crippen LogP contribution in [-0.2, 0) is 6.54 Å². The van der Waals surface area contributed by atoms with E-state index >= 15 is 0 Å². The van der Waals surface area contributed by atoms with Gasteiger partial charge in [-0.15, -0.1) is 0 Å². The van der Waals surface area contributed by atoms with Gasteiger partial charge in [-0.2, -0.15) is 5.10 Å². The van der Waals surface area contributed by atoms with Gasteiger partial charge >= 0.3 is 0 Å². The van der Waals surface area contributed by atoms with E-state index in [0.717, 1.165) is 54.8 Å². The molecule has 1 saturated heterocycles. The summed E-state index contributed by atoms with van der Waals surface area (Å²) in [5, 5.41) is 7.31. The fraction of sp³-hybridized carbons (Fsp3) is 0.389. The molecule has 1 aliphatic heterocycles. The quantitative estimate of drug-likeness (QED) is 0.774. The number of hydrogen-bond acceptors (Lipinski definition) is 5. The second kappa shape index (κ2) is 6.68. The highest BCUT2D eigenvalue weighted by Gasteiger charge is 2.30. The third-order valence-corrected chi connectivity index (χ3v) is 4.69. The zero-order valence-corrected chi connectivity index (χ0v) is 14.5. The highest BCUT2D eigenvalue weighted by Crippen LogP contribution is 2.31. The van der Waals surface area contributed by atoms with Crippen molar-refractivity contribution in [1.29, 1.82) is 0 Å². The maximum absolute atomic E-state index is 5.24. The zero-order chi connectivity index (χ0) is 17.2. The normalized spacial score (nSPS) is 17.9. The summed E-state index contributed by atoms with van der Waals surface area (Å²) in [5.41, 5.74) is 1.08. The number of nitrogens with one attached hydrogen (secondary N) is 1. The van der Waals surface area contributed by atoms with Crippen molar-refractivity contribution in [2.75, 3.05) is 13.7 Å². The number of aromatic nitrogens is 5. The van der Waals surface area contributed by atoms with Crippen LogP contribution in [0.25, 0.3) is 5.69 Å². The van der Waals surface area contributed by atoms with E-state index in [0.29, 0.717) is 0 Å². The minimum atomic E-state index is 0.256. The Morgan fingerprint density at radius 3 is 2.84 bits per heavy atom. The lowest BCUT2D eigenvalue weighted by atomic mass is 10.2. The molecule has 0 amide bonds. The Morgan fingerprint density at radius 1 is 1.28 bits per heavy atom. The standard InChI is InChI=1S/C18H22N6O/c1-13-20-18(22-21-13)16-4-3-10-23(16)12-17-19-9-11-24(17)14-5-7-15(25-2)8-6-14/h5-9,11,16H,3-4,10,12H2,1-2H3,(H,20,21,22)/t16-/m1/s1. The molecule has 4 rings (SSSR count). The molecule has 0 radical (unpaired) electrons. The van der Waals surface area contributed by atoms with E-state index in [4.69, 9.17) is 4.74 Å². The van der Waals surface area contributed by atoms with Crippen molar-refractivity contribution in [3.05, 3.63) is 54.1 Å². The third kappa shape index (κ3) is 3.15. The minimum Gasteiger partial charge on any atom is -0.497 e. The summed E-state index contributed by atoms with van der Waals surface area (Å²) >= 11 is 0. The van der Waals surface area contributed by atoms with Crippen molar-refractivity contribution in [3.8, 4) is 11.4 Å². The molecule has 1 fully saturated rings. The fourth-order valence-corrected chi connectivity index (χ4v) is 3.43. The minimum absolute atomic E-state index is 0.256. The smallest absolute Gasteiger partial charge is 0.167 e. The second-order valence-corrected chi connectivity index (χ2v) is 6.32. The Balaban J connectivity index is 1.56. The Bertz CT molecular complexity index is 837. The largest absolute Gasteiger partial charge is 0.497 e. The van der Waals surface area contributed by atoms with Crippen molar-refractivity contribution >= 4 is 0 Å². The van der Waals surface area contributed by atoms with Gasteiger partial charge in [0.25, 0.3) is 0 Å². The molecular formula is C18H22N6O. The van der Waals surface area contributed by atoms with Crippen LogP contribution in [0.2, 0.25) is 0 Å². The number of aromatic amines is 1. The van der Waals surface area contributed by atoms with Crippen LogP contribution in [0, 0.1) is 6.92 Å². The Hall–Kier alpha value is -2.67. The van der Waals surface area contributed by atoms with Gasteiger partial charge in [0.2, 0.25) is 0 Å². The van der Waals surface area contributed by atoms with Gasteiger partial charge in [-0.1, -0.05) is 0 Å².